The van der Waals surface area contributed by atoms with Crippen molar-refractivity contribution < 1.29 is 48.7 Å². The van der Waals surface area contributed by atoms with Gasteiger partial charge in [-0.1, -0.05) is 13.1 Å². The first-order valence-corrected chi connectivity index (χ1v) is 9.10. The average molecular weight is 381 g/mol. The van der Waals surface area contributed by atoms with Gasteiger partial charge in [-0.25, -0.2) is 0 Å². The number of rotatable bonds is 5. The maximum Gasteiger partial charge on any atom is 0.470 e. The number of hydrogen-bond acceptors (Lipinski definition) is 1. The number of hydrogen-bond donors (Lipinski definition) is 0. The minimum Gasteiger partial charge on any atom is -0.365 e. The summed E-state index contributed by atoms with van der Waals surface area (Å²) in [6.45, 7) is 1.94. The van der Waals surface area contributed by atoms with Gasteiger partial charge in [0.2, 0.25) is 0 Å². The number of amides is 1. The van der Waals surface area contributed by atoms with Crippen LogP contribution in [0.15, 0.2) is 0 Å². The monoisotopic (exact) mass is 381 g/mol. The van der Waals surface area contributed by atoms with E-state index < -0.39 is 50.8 Å². The van der Waals surface area contributed by atoms with Crippen molar-refractivity contribution in [2.45, 2.75) is 49.8 Å². The topological polar surface area (TPSA) is 20.3 Å². The smallest absolute Gasteiger partial charge is 0.365 e. The van der Waals surface area contributed by atoms with Crippen molar-refractivity contribution in [1.82, 2.24) is 4.57 Å². The van der Waals surface area contributed by atoms with Crippen molar-refractivity contribution in [3.8, 4) is 0 Å². The molecule has 2 nitrogen and oxygen atoms in total. The van der Waals surface area contributed by atoms with Crippen LogP contribution in [0.5, 0.6) is 0 Å². The Balaban J connectivity index is 5.19. The van der Waals surface area contributed by atoms with Crippen LogP contribution in [-0.4, -0.2) is 50.0 Å². The summed E-state index contributed by atoms with van der Waals surface area (Å²) < 4.78 is 125. The lowest BCUT2D eigenvalue weighted by atomic mass is 10.1. The summed E-state index contributed by atoms with van der Waals surface area (Å²) >= 11 is 0. The molecule has 0 spiro atoms. The molecule has 0 aromatic rings. The molecule has 23 heavy (non-hydrogen) atoms. The molecule has 0 atom stereocenters. The highest BCUT2D eigenvalue weighted by Crippen LogP contribution is 2.49. The van der Waals surface area contributed by atoms with Crippen LogP contribution in [0.25, 0.3) is 0 Å². The van der Waals surface area contributed by atoms with Crippen molar-refractivity contribution >= 4 is 14.1 Å². The van der Waals surface area contributed by atoms with Crippen LogP contribution in [0.4, 0.5) is 43.9 Å². The van der Waals surface area contributed by atoms with E-state index in [1.165, 1.54) is 0 Å². The van der Waals surface area contributed by atoms with Crippen molar-refractivity contribution in [2.24, 2.45) is 0 Å². The summed E-state index contributed by atoms with van der Waals surface area (Å²) in [4.78, 5) is 11.0. The van der Waals surface area contributed by atoms with Gasteiger partial charge in [0.1, 0.15) is 0 Å². The van der Waals surface area contributed by atoms with Gasteiger partial charge in [0.15, 0.2) is 8.24 Å². The third-order valence-corrected chi connectivity index (χ3v) is 6.81. The van der Waals surface area contributed by atoms with Crippen molar-refractivity contribution in [3.05, 3.63) is 0 Å². The molecule has 0 heterocycles. The van der Waals surface area contributed by atoms with Crippen LogP contribution >= 0.6 is 0 Å². The fourth-order valence-electron chi connectivity index (χ4n) is 1.46. The highest BCUT2D eigenvalue weighted by molar-refractivity contribution is 6.76. The Morgan fingerprint density at radius 2 is 1.30 bits per heavy atom. The molecule has 0 aliphatic rings. The Morgan fingerprint density at radius 3 is 1.61 bits per heavy atom. The highest BCUT2D eigenvalue weighted by Gasteiger charge is 2.72. The highest BCUT2D eigenvalue weighted by atomic mass is 28.3. The van der Waals surface area contributed by atoms with Crippen molar-refractivity contribution in [3.63, 3.8) is 0 Å². The molecule has 0 radical (unpaired) electrons. The van der Waals surface area contributed by atoms with Gasteiger partial charge >= 0.3 is 30.1 Å². The SMILES string of the molecule is CN(C(=O)C(F)(F)F)[Si](C)(C)CCC(F)(F)C(F)(F)C(F)(F)F. The second kappa shape index (κ2) is 6.13. The van der Waals surface area contributed by atoms with E-state index in [1.807, 2.05) is 0 Å². The van der Waals surface area contributed by atoms with Crippen molar-refractivity contribution in [1.29, 1.82) is 0 Å². The van der Waals surface area contributed by atoms with Gasteiger partial charge in [-0.3, -0.25) is 4.79 Å². The first-order chi connectivity index (χ1) is 9.77. The normalized spacial score (nSPS) is 14.8. The van der Waals surface area contributed by atoms with Gasteiger partial charge in [0.25, 0.3) is 0 Å². The number of halogens is 10. The van der Waals surface area contributed by atoms with E-state index in [4.69, 9.17) is 0 Å². The fourth-order valence-corrected chi connectivity index (χ4v) is 3.40. The second-order valence-corrected chi connectivity index (χ2v) is 10.2. The van der Waals surface area contributed by atoms with E-state index in [9.17, 15) is 48.7 Å². The number of alkyl halides is 10. The second-order valence-electron chi connectivity index (χ2n) is 5.45. The Morgan fingerprint density at radius 1 is 0.913 bits per heavy atom. The largest absolute Gasteiger partial charge is 0.470 e. The van der Waals surface area contributed by atoms with Gasteiger partial charge in [-0.2, -0.15) is 43.9 Å². The summed E-state index contributed by atoms with van der Waals surface area (Å²) in [6.07, 6.45) is -13.8. The quantitative estimate of drug-likeness (QED) is 0.510. The molecular weight excluding hydrogens is 368 g/mol. The lowest BCUT2D eigenvalue weighted by Crippen LogP contribution is -2.56. The molecule has 0 bridgehead atoms. The van der Waals surface area contributed by atoms with E-state index in [0.29, 0.717) is 7.05 Å². The molecule has 1 amide bonds. The zero-order valence-electron chi connectivity index (χ0n) is 12.0. The Labute approximate surface area is 125 Å². The van der Waals surface area contributed by atoms with E-state index in [2.05, 4.69) is 0 Å². The molecule has 0 aromatic carbocycles. The Bertz CT molecular complexity index is 442. The molecule has 0 aliphatic carbocycles. The lowest BCUT2D eigenvalue weighted by molar-refractivity contribution is -0.354. The van der Waals surface area contributed by atoms with Crippen LogP contribution in [0, 0.1) is 0 Å². The minimum absolute atomic E-state index is 0.106. The third-order valence-electron chi connectivity index (χ3n) is 3.32. The molecule has 0 saturated heterocycles. The summed E-state index contributed by atoms with van der Waals surface area (Å²) in [5.41, 5.74) is 0. The molecule has 0 fully saturated rings. The van der Waals surface area contributed by atoms with Crippen LogP contribution in [0.2, 0.25) is 19.1 Å². The number of carbonyl (C=O) groups is 1. The number of carbonyl (C=O) groups excluding carboxylic acids is 1. The van der Waals surface area contributed by atoms with Crippen LogP contribution < -0.4 is 0 Å². The van der Waals surface area contributed by atoms with Gasteiger partial charge in [0, 0.05) is 13.5 Å². The van der Waals surface area contributed by atoms with E-state index in [1.54, 1.807) is 0 Å². The van der Waals surface area contributed by atoms with Crippen LogP contribution in [0.1, 0.15) is 6.42 Å². The van der Waals surface area contributed by atoms with Gasteiger partial charge < -0.3 is 4.57 Å². The van der Waals surface area contributed by atoms with Crippen LogP contribution in [0.3, 0.4) is 0 Å². The average Bonchev–Trinajstić information content (AvgIpc) is 2.32. The summed E-state index contributed by atoms with van der Waals surface area (Å²) in [5, 5.41) is 0. The molecule has 0 aliphatic heterocycles. The maximum atomic E-state index is 13.2. The zero-order valence-corrected chi connectivity index (χ0v) is 13.0. The van der Waals surface area contributed by atoms with E-state index >= 15 is 0 Å². The zero-order chi connectivity index (χ0) is 19.1. The predicted octanol–water partition coefficient (Wildman–Crippen LogP) is 4.44. The van der Waals surface area contributed by atoms with E-state index in [-0.39, 0.29) is 4.57 Å². The summed E-state index contributed by atoms with van der Waals surface area (Å²) in [5.74, 6) is -14.2. The standard InChI is InChI=1S/C10H13F10NOSi/c1-21(6(22)8(13,14)15)23(2,3)5-4-7(11,12)9(16,17)10(18,19)20/h4-5H2,1-3H3. The molecule has 0 unspecified atom stereocenters. The third kappa shape index (κ3) is 4.73. The molecule has 0 saturated carbocycles. The fraction of sp³-hybridized carbons (Fsp3) is 0.900. The first kappa shape index (κ1) is 22.0. The molecule has 138 valence electrons. The van der Waals surface area contributed by atoms with Crippen molar-refractivity contribution in [2.75, 3.05) is 7.05 Å². The van der Waals surface area contributed by atoms with E-state index in [0.717, 1.165) is 13.1 Å². The summed E-state index contributed by atoms with van der Waals surface area (Å²) in [6, 6.07) is -1.08. The first-order valence-electron chi connectivity index (χ1n) is 5.95. The minimum atomic E-state index is -6.50. The number of nitrogens with zero attached hydrogens (tertiary/aromatic N) is 1. The molecule has 0 N–H and O–H groups in total. The predicted molar refractivity (Wildman–Crippen MR) is 61.7 cm³/mol. The maximum absolute atomic E-state index is 13.2. The molecular formula is C10H13F10NOSi. The van der Waals surface area contributed by atoms with Crippen LogP contribution in [-0.2, 0) is 4.79 Å². The summed E-state index contributed by atoms with van der Waals surface area (Å²) in [7, 11) is -3.00. The molecule has 0 rings (SSSR count). The van der Waals surface area contributed by atoms with Gasteiger partial charge in [-0.05, 0) is 6.04 Å². The van der Waals surface area contributed by atoms with Gasteiger partial charge in [-0.15, -0.1) is 0 Å². The molecule has 13 heteroatoms. The lowest BCUT2D eigenvalue weighted by Gasteiger charge is -2.36. The Hall–Kier alpha value is -1.01. The van der Waals surface area contributed by atoms with Gasteiger partial charge in [0.05, 0.1) is 0 Å². The Kier molecular flexibility index (Phi) is 5.86. The molecule has 0 aromatic heterocycles.